The highest BCUT2D eigenvalue weighted by atomic mass is 16.1. The molecule has 6 heteroatoms. The maximum atomic E-state index is 12.6. The van der Waals surface area contributed by atoms with Crippen LogP contribution in [0.2, 0.25) is 0 Å². The predicted octanol–water partition coefficient (Wildman–Crippen LogP) is 2.63. The average Bonchev–Trinajstić information content (AvgIpc) is 3.32. The van der Waals surface area contributed by atoms with Crippen LogP contribution in [0.15, 0.2) is 36.7 Å². The summed E-state index contributed by atoms with van der Waals surface area (Å²) in [4.78, 5) is 14.9. The summed E-state index contributed by atoms with van der Waals surface area (Å²) in [5.41, 5.74) is 3.71. The van der Waals surface area contributed by atoms with Crippen molar-refractivity contribution >= 4 is 16.7 Å². The van der Waals surface area contributed by atoms with Gasteiger partial charge in [0.1, 0.15) is 0 Å². The summed E-state index contributed by atoms with van der Waals surface area (Å²) in [7, 11) is 1.90. The Morgan fingerprint density at radius 1 is 1.15 bits per heavy atom. The van der Waals surface area contributed by atoms with E-state index in [0.717, 1.165) is 40.8 Å². The summed E-state index contributed by atoms with van der Waals surface area (Å²) in [5.74, 6) is 0.212. The smallest absolute Gasteiger partial charge is 0.155 e. The van der Waals surface area contributed by atoms with Gasteiger partial charge >= 0.3 is 0 Å². The molecule has 1 saturated heterocycles. The van der Waals surface area contributed by atoms with E-state index in [4.69, 9.17) is 0 Å². The highest BCUT2D eigenvalue weighted by Gasteiger charge is 2.24. The minimum atomic E-state index is -0.0447. The highest BCUT2D eigenvalue weighted by molar-refractivity contribution is 5.88. The monoisotopic (exact) mass is 349 g/mol. The van der Waals surface area contributed by atoms with Crippen LogP contribution in [0, 0.1) is 0 Å². The Balaban J connectivity index is 1.57. The van der Waals surface area contributed by atoms with Crippen molar-refractivity contribution in [3.63, 3.8) is 0 Å². The molecule has 1 unspecified atom stereocenters. The quantitative estimate of drug-likeness (QED) is 0.708. The lowest BCUT2D eigenvalue weighted by Gasteiger charge is -2.22. The van der Waals surface area contributed by atoms with Gasteiger partial charge < -0.3 is 0 Å². The van der Waals surface area contributed by atoms with E-state index in [-0.39, 0.29) is 11.8 Å². The summed E-state index contributed by atoms with van der Waals surface area (Å²) in [6.45, 7) is 4.04. The fraction of sp³-hybridized carbons (Fsp3) is 0.400. The molecule has 0 amide bonds. The van der Waals surface area contributed by atoms with E-state index in [0.29, 0.717) is 6.42 Å². The molecule has 0 aliphatic carbocycles. The number of Topliss-reactive ketones (excluding diaryl/α,β-unsaturated/α-hetero) is 1. The third-order valence-electron chi connectivity index (χ3n) is 5.18. The van der Waals surface area contributed by atoms with Crippen LogP contribution in [0.5, 0.6) is 0 Å². The van der Waals surface area contributed by atoms with Crippen molar-refractivity contribution in [2.45, 2.75) is 32.2 Å². The van der Waals surface area contributed by atoms with E-state index in [9.17, 15) is 4.79 Å². The second kappa shape index (κ2) is 6.96. The molecule has 1 aliphatic rings. The van der Waals surface area contributed by atoms with Crippen molar-refractivity contribution in [1.82, 2.24) is 24.9 Å². The second-order valence-corrected chi connectivity index (χ2v) is 7.07. The molecule has 1 aromatic carbocycles. The predicted molar refractivity (Wildman–Crippen MR) is 101 cm³/mol. The minimum absolute atomic E-state index is 0.0447. The Morgan fingerprint density at radius 3 is 2.69 bits per heavy atom. The molecule has 26 heavy (non-hydrogen) atoms. The Bertz CT molecular complexity index is 942. The van der Waals surface area contributed by atoms with Crippen molar-refractivity contribution in [2.75, 3.05) is 13.1 Å². The Morgan fingerprint density at radius 2 is 1.96 bits per heavy atom. The first-order valence-corrected chi connectivity index (χ1v) is 9.12. The van der Waals surface area contributed by atoms with Crippen molar-refractivity contribution in [2.24, 2.45) is 7.05 Å². The highest BCUT2D eigenvalue weighted by Crippen LogP contribution is 2.23. The number of benzene rings is 1. The Kier molecular flexibility index (Phi) is 4.51. The van der Waals surface area contributed by atoms with E-state index in [1.807, 2.05) is 44.6 Å². The molecular weight excluding hydrogens is 326 g/mol. The normalized spacial score (nSPS) is 16.2. The fourth-order valence-electron chi connectivity index (χ4n) is 3.58. The van der Waals surface area contributed by atoms with Crippen LogP contribution in [0.1, 0.15) is 25.5 Å². The van der Waals surface area contributed by atoms with Crippen LogP contribution in [-0.2, 0) is 18.3 Å². The summed E-state index contributed by atoms with van der Waals surface area (Å²) in [6, 6.07) is 8.00. The van der Waals surface area contributed by atoms with Gasteiger partial charge in [0.2, 0.25) is 0 Å². The zero-order valence-corrected chi connectivity index (χ0v) is 15.2. The number of carbonyl (C=O) groups excluding carboxylic acids is 1. The SMILES string of the molecule is CC(C(=O)Cc1cc2cc(-c3cnn(C)c3)ccc2nn1)N1CCCC1. The number of aryl methyl sites for hydroxylation is 1. The number of ketones is 1. The topological polar surface area (TPSA) is 63.9 Å². The van der Waals surface area contributed by atoms with Gasteiger partial charge in [-0.1, -0.05) is 6.07 Å². The molecule has 0 saturated carbocycles. The molecule has 0 N–H and O–H groups in total. The molecule has 3 aromatic rings. The van der Waals surface area contributed by atoms with E-state index in [2.05, 4.69) is 26.3 Å². The summed E-state index contributed by atoms with van der Waals surface area (Å²) < 4.78 is 1.79. The number of hydrogen-bond donors (Lipinski definition) is 0. The van der Waals surface area contributed by atoms with Gasteiger partial charge in [-0.15, -0.1) is 0 Å². The lowest BCUT2D eigenvalue weighted by molar-refractivity contribution is -0.122. The fourth-order valence-corrected chi connectivity index (χ4v) is 3.58. The lowest BCUT2D eigenvalue weighted by Crippen LogP contribution is -2.37. The first-order valence-electron chi connectivity index (χ1n) is 9.12. The second-order valence-electron chi connectivity index (χ2n) is 7.07. The number of aromatic nitrogens is 4. The molecule has 3 heterocycles. The molecular formula is C20H23N5O. The number of likely N-dealkylation sites (tertiary alicyclic amines) is 1. The van der Waals surface area contributed by atoms with Gasteiger partial charge in [-0.2, -0.15) is 15.3 Å². The van der Waals surface area contributed by atoms with Gasteiger partial charge in [-0.25, -0.2) is 0 Å². The van der Waals surface area contributed by atoms with Crippen LogP contribution in [0.3, 0.4) is 0 Å². The zero-order chi connectivity index (χ0) is 18.1. The van der Waals surface area contributed by atoms with E-state index < -0.39 is 0 Å². The molecule has 2 aromatic heterocycles. The number of fused-ring (bicyclic) bond motifs is 1. The van der Waals surface area contributed by atoms with Crippen molar-refractivity contribution in [3.8, 4) is 11.1 Å². The summed E-state index contributed by atoms with van der Waals surface area (Å²) in [6.07, 6.45) is 6.53. The molecule has 6 nitrogen and oxygen atoms in total. The van der Waals surface area contributed by atoms with Crippen LogP contribution >= 0.6 is 0 Å². The summed E-state index contributed by atoms with van der Waals surface area (Å²) >= 11 is 0. The van der Waals surface area contributed by atoms with Gasteiger partial charge in [0, 0.05) is 24.2 Å². The Hall–Kier alpha value is -2.60. The molecule has 4 rings (SSSR count). The van der Waals surface area contributed by atoms with Crippen molar-refractivity contribution < 1.29 is 4.79 Å². The van der Waals surface area contributed by atoms with Crippen LogP contribution < -0.4 is 0 Å². The third kappa shape index (κ3) is 3.37. The van der Waals surface area contributed by atoms with Crippen LogP contribution in [0.4, 0.5) is 0 Å². The van der Waals surface area contributed by atoms with E-state index >= 15 is 0 Å². The average molecular weight is 349 g/mol. The van der Waals surface area contributed by atoms with Gasteiger partial charge in [0.15, 0.2) is 5.78 Å². The van der Waals surface area contributed by atoms with Crippen LogP contribution in [0.25, 0.3) is 22.0 Å². The Labute approximate surface area is 152 Å². The first kappa shape index (κ1) is 16.8. The standard InChI is InChI=1S/C20H23N5O/c1-14(25-7-3-4-8-25)20(26)11-18-10-16-9-15(5-6-19(16)23-22-18)17-12-21-24(2)13-17/h5-6,9-10,12-14H,3-4,7-8,11H2,1-2H3. The molecule has 0 bridgehead atoms. The lowest BCUT2D eigenvalue weighted by atomic mass is 10.0. The minimum Gasteiger partial charge on any atom is -0.298 e. The van der Waals surface area contributed by atoms with Gasteiger partial charge in [-0.3, -0.25) is 14.4 Å². The molecule has 1 aliphatic heterocycles. The number of nitrogens with zero attached hydrogens (tertiary/aromatic N) is 5. The first-order chi connectivity index (χ1) is 12.6. The maximum Gasteiger partial charge on any atom is 0.155 e. The van der Waals surface area contributed by atoms with E-state index in [1.165, 1.54) is 12.8 Å². The molecule has 0 radical (unpaired) electrons. The van der Waals surface area contributed by atoms with Gasteiger partial charge in [0.05, 0.1) is 29.9 Å². The number of rotatable bonds is 5. The zero-order valence-electron chi connectivity index (χ0n) is 15.2. The van der Waals surface area contributed by atoms with E-state index in [1.54, 1.807) is 4.68 Å². The van der Waals surface area contributed by atoms with Crippen molar-refractivity contribution in [1.29, 1.82) is 0 Å². The third-order valence-corrected chi connectivity index (χ3v) is 5.18. The number of carbonyl (C=O) groups is 1. The number of hydrogen-bond acceptors (Lipinski definition) is 5. The van der Waals surface area contributed by atoms with Crippen molar-refractivity contribution in [3.05, 3.63) is 42.4 Å². The molecule has 0 spiro atoms. The summed E-state index contributed by atoms with van der Waals surface area (Å²) in [5, 5.41) is 13.8. The van der Waals surface area contributed by atoms with Crippen LogP contribution in [-0.4, -0.2) is 49.8 Å². The molecule has 134 valence electrons. The maximum absolute atomic E-state index is 12.6. The largest absolute Gasteiger partial charge is 0.298 e. The molecule has 1 fully saturated rings. The van der Waals surface area contributed by atoms with Gasteiger partial charge in [0.25, 0.3) is 0 Å². The van der Waals surface area contributed by atoms with Gasteiger partial charge in [-0.05, 0) is 56.6 Å². The molecule has 1 atom stereocenters.